The summed E-state index contributed by atoms with van der Waals surface area (Å²) in [7, 11) is 1.59. The van der Waals surface area contributed by atoms with E-state index < -0.39 is 0 Å². The third-order valence-corrected chi connectivity index (χ3v) is 4.05. The van der Waals surface area contributed by atoms with Crippen molar-refractivity contribution in [3.05, 3.63) is 29.5 Å². The molecule has 1 aromatic heterocycles. The van der Waals surface area contributed by atoms with Crippen LogP contribution in [0.3, 0.4) is 0 Å². The van der Waals surface area contributed by atoms with Gasteiger partial charge in [-0.25, -0.2) is 9.97 Å². The van der Waals surface area contributed by atoms with Gasteiger partial charge >= 0.3 is 0 Å². The van der Waals surface area contributed by atoms with Crippen molar-refractivity contribution in [2.24, 2.45) is 0 Å². The van der Waals surface area contributed by atoms with Gasteiger partial charge in [-0.05, 0) is 31.0 Å². The zero-order chi connectivity index (χ0) is 16.9. The highest BCUT2D eigenvalue weighted by molar-refractivity contribution is 6.31. The number of anilines is 4. The molecular weight excluding hydrogens is 330 g/mol. The van der Waals surface area contributed by atoms with Crippen molar-refractivity contribution in [2.75, 3.05) is 36.6 Å². The smallest absolute Gasteiger partial charge is 0.159 e. The van der Waals surface area contributed by atoms with Gasteiger partial charge in [0, 0.05) is 18.2 Å². The second kappa shape index (κ2) is 7.55. The van der Waals surface area contributed by atoms with Gasteiger partial charge in [0.05, 0.1) is 18.9 Å². The minimum atomic E-state index is 0.198. The molecule has 2 heterocycles. The topological polar surface area (TPSA) is 94.3 Å². The van der Waals surface area contributed by atoms with Crippen molar-refractivity contribution in [3.8, 4) is 5.75 Å². The van der Waals surface area contributed by atoms with E-state index in [0.717, 1.165) is 19.4 Å². The molecule has 1 unspecified atom stereocenters. The van der Waals surface area contributed by atoms with E-state index in [1.165, 1.54) is 6.33 Å². The molecule has 1 aliphatic rings. The molecule has 0 amide bonds. The van der Waals surface area contributed by atoms with Crippen molar-refractivity contribution < 1.29 is 9.47 Å². The minimum Gasteiger partial charge on any atom is -0.495 e. The molecule has 1 saturated heterocycles. The Bertz CT molecular complexity index is 707. The van der Waals surface area contributed by atoms with E-state index in [1.54, 1.807) is 25.3 Å². The number of nitrogens with zero attached hydrogens (tertiary/aromatic N) is 2. The Morgan fingerprint density at radius 1 is 1.38 bits per heavy atom. The van der Waals surface area contributed by atoms with Gasteiger partial charge in [0.25, 0.3) is 0 Å². The number of benzene rings is 1. The van der Waals surface area contributed by atoms with Crippen molar-refractivity contribution in [1.29, 1.82) is 0 Å². The van der Waals surface area contributed by atoms with Crippen LogP contribution in [0.15, 0.2) is 24.5 Å². The normalized spacial score (nSPS) is 16.8. The lowest BCUT2D eigenvalue weighted by Crippen LogP contribution is -2.20. The van der Waals surface area contributed by atoms with E-state index in [0.29, 0.717) is 40.3 Å². The Morgan fingerprint density at radius 3 is 2.96 bits per heavy atom. The van der Waals surface area contributed by atoms with Crippen LogP contribution < -0.4 is 21.1 Å². The lowest BCUT2D eigenvalue weighted by atomic mass is 10.2. The summed E-state index contributed by atoms with van der Waals surface area (Å²) in [6, 6.07) is 5.28. The number of nitrogen functional groups attached to an aromatic ring is 1. The molecule has 2 aromatic rings. The molecule has 8 heteroatoms. The van der Waals surface area contributed by atoms with Gasteiger partial charge < -0.3 is 25.8 Å². The van der Waals surface area contributed by atoms with Crippen LogP contribution in [0.1, 0.15) is 12.8 Å². The molecule has 0 bridgehead atoms. The number of aromatic nitrogens is 2. The second-order valence-corrected chi connectivity index (χ2v) is 5.91. The molecule has 1 fully saturated rings. The number of methoxy groups -OCH3 is 1. The molecule has 7 nitrogen and oxygen atoms in total. The Balaban J connectivity index is 1.76. The first-order valence-corrected chi connectivity index (χ1v) is 8.11. The van der Waals surface area contributed by atoms with Crippen LogP contribution >= 0.6 is 11.6 Å². The zero-order valence-corrected chi connectivity index (χ0v) is 14.1. The van der Waals surface area contributed by atoms with Crippen LogP contribution in [0.5, 0.6) is 5.75 Å². The number of nitrogens with two attached hydrogens (primary N) is 1. The Morgan fingerprint density at radius 2 is 2.21 bits per heavy atom. The molecule has 0 saturated carbocycles. The lowest BCUT2D eigenvalue weighted by molar-refractivity contribution is 0.120. The van der Waals surface area contributed by atoms with E-state index in [-0.39, 0.29) is 6.10 Å². The number of halogens is 1. The highest BCUT2D eigenvalue weighted by Crippen LogP contribution is 2.33. The number of nitrogens with one attached hydrogen (secondary N) is 2. The predicted molar refractivity (Wildman–Crippen MR) is 95.2 cm³/mol. The molecule has 0 aliphatic carbocycles. The molecule has 3 rings (SSSR count). The molecule has 1 atom stereocenters. The van der Waals surface area contributed by atoms with Gasteiger partial charge in [-0.1, -0.05) is 11.6 Å². The van der Waals surface area contributed by atoms with E-state index in [4.69, 9.17) is 26.8 Å². The Kier molecular flexibility index (Phi) is 5.22. The SMILES string of the molecule is COc1ccc(Cl)cc1Nc1ncnc(NCC2CCCO2)c1N. The summed E-state index contributed by atoms with van der Waals surface area (Å²) < 4.78 is 10.9. The van der Waals surface area contributed by atoms with Crippen LogP contribution in [-0.2, 0) is 4.74 Å². The summed E-state index contributed by atoms with van der Waals surface area (Å²) in [4.78, 5) is 8.40. The van der Waals surface area contributed by atoms with E-state index in [9.17, 15) is 0 Å². The maximum atomic E-state index is 6.18. The molecule has 128 valence electrons. The average Bonchev–Trinajstić information content (AvgIpc) is 3.09. The van der Waals surface area contributed by atoms with Crippen LogP contribution in [0, 0.1) is 0 Å². The maximum Gasteiger partial charge on any atom is 0.159 e. The summed E-state index contributed by atoms with van der Waals surface area (Å²) in [5.41, 5.74) is 7.29. The second-order valence-electron chi connectivity index (χ2n) is 5.47. The summed E-state index contributed by atoms with van der Waals surface area (Å²) in [6.07, 6.45) is 3.78. The van der Waals surface area contributed by atoms with Crippen LogP contribution in [0.25, 0.3) is 0 Å². The van der Waals surface area contributed by atoms with Gasteiger partial charge in [0.1, 0.15) is 17.8 Å². The maximum absolute atomic E-state index is 6.18. The van der Waals surface area contributed by atoms with E-state index in [1.807, 2.05) is 0 Å². The zero-order valence-electron chi connectivity index (χ0n) is 13.4. The summed E-state index contributed by atoms with van der Waals surface area (Å²) in [5, 5.41) is 6.95. The van der Waals surface area contributed by atoms with Gasteiger partial charge in [0.15, 0.2) is 11.6 Å². The quantitative estimate of drug-likeness (QED) is 0.737. The van der Waals surface area contributed by atoms with Crippen LogP contribution in [-0.4, -0.2) is 36.3 Å². The van der Waals surface area contributed by atoms with Crippen LogP contribution in [0.2, 0.25) is 5.02 Å². The van der Waals surface area contributed by atoms with Crippen molar-refractivity contribution in [2.45, 2.75) is 18.9 Å². The molecule has 24 heavy (non-hydrogen) atoms. The van der Waals surface area contributed by atoms with Gasteiger partial charge in [-0.3, -0.25) is 0 Å². The predicted octanol–water partition coefficient (Wildman–Crippen LogP) is 3.06. The first kappa shape index (κ1) is 16.6. The lowest BCUT2D eigenvalue weighted by Gasteiger charge is -2.16. The fourth-order valence-corrected chi connectivity index (χ4v) is 2.73. The standard InChI is InChI=1S/C16H20ClN5O2/c1-23-13-5-4-10(17)7-12(13)22-16-14(18)15(20-9-21-16)19-8-11-3-2-6-24-11/h4-5,7,9,11H,2-3,6,8,18H2,1H3,(H2,19,20,21,22). The van der Waals surface area contributed by atoms with Crippen molar-refractivity contribution in [1.82, 2.24) is 9.97 Å². The van der Waals surface area contributed by atoms with E-state index >= 15 is 0 Å². The first-order valence-electron chi connectivity index (χ1n) is 7.74. The first-order chi connectivity index (χ1) is 11.7. The fourth-order valence-electron chi connectivity index (χ4n) is 2.56. The average molecular weight is 350 g/mol. The Hall–Kier alpha value is -2.25. The third-order valence-electron chi connectivity index (χ3n) is 3.82. The molecular formula is C16H20ClN5O2. The van der Waals surface area contributed by atoms with Gasteiger partial charge in [0.2, 0.25) is 0 Å². The summed E-state index contributed by atoms with van der Waals surface area (Å²) in [5.74, 6) is 1.70. The van der Waals surface area contributed by atoms with Gasteiger partial charge in [-0.2, -0.15) is 0 Å². The Labute approximate surface area is 145 Å². The highest BCUT2D eigenvalue weighted by Gasteiger charge is 2.17. The number of rotatable bonds is 6. The van der Waals surface area contributed by atoms with Crippen molar-refractivity contribution in [3.63, 3.8) is 0 Å². The number of hydrogen-bond acceptors (Lipinski definition) is 7. The van der Waals surface area contributed by atoms with Crippen molar-refractivity contribution >= 4 is 34.6 Å². The molecule has 0 radical (unpaired) electrons. The largest absolute Gasteiger partial charge is 0.495 e. The fraction of sp³-hybridized carbons (Fsp3) is 0.375. The molecule has 1 aromatic carbocycles. The highest BCUT2D eigenvalue weighted by atomic mass is 35.5. The molecule has 4 N–H and O–H groups in total. The monoisotopic (exact) mass is 349 g/mol. The van der Waals surface area contributed by atoms with Gasteiger partial charge in [-0.15, -0.1) is 0 Å². The third kappa shape index (κ3) is 3.80. The minimum absolute atomic E-state index is 0.198. The van der Waals surface area contributed by atoms with Crippen LogP contribution in [0.4, 0.5) is 23.0 Å². The summed E-state index contributed by atoms with van der Waals surface area (Å²) in [6.45, 7) is 1.48. The molecule has 1 aliphatic heterocycles. The number of ether oxygens (including phenoxy) is 2. The number of hydrogen-bond donors (Lipinski definition) is 3. The molecule has 0 spiro atoms. The summed E-state index contributed by atoms with van der Waals surface area (Å²) >= 11 is 6.05. The van der Waals surface area contributed by atoms with E-state index in [2.05, 4.69) is 20.6 Å².